The molecule has 0 unspecified atom stereocenters. The molecule has 0 bridgehead atoms. The molecule has 3 N–H and O–H groups in total. The fourth-order valence-corrected chi connectivity index (χ4v) is 3.43. The molecule has 3 aromatic rings. The van der Waals surface area contributed by atoms with Gasteiger partial charge in [0.25, 0.3) is 0 Å². The molecule has 4 heteroatoms. The van der Waals surface area contributed by atoms with Gasteiger partial charge in [-0.25, -0.2) is 4.98 Å². The van der Waals surface area contributed by atoms with Gasteiger partial charge in [0, 0.05) is 25.3 Å². The van der Waals surface area contributed by atoms with Crippen molar-refractivity contribution in [2.75, 3.05) is 22.5 Å². The van der Waals surface area contributed by atoms with E-state index in [9.17, 15) is 0 Å². The van der Waals surface area contributed by atoms with E-state index in [-0.39, 0.29) is 5.41 Å². The number of hydrogen-bond donors (Lipinski definition) is 2. The number of aromatic nitrogens is 1. The molecule has 0 spiro atoms. The highest BCUT2D eigenvalue weighted by Crippen LogP contribution is 2.35. The molecule has 0 fully saturated rings. The summed E-state index contributed by atoms with van der Waals surface area (Å²) in [5.41, 5.74) is 13.2. The van der Waals surface area contributed by atoms with Crippen molar-refractivity contribution in [3.63, 3.8) is 0 Å². The lowest BCUT2D eigenvalue weighted by Gasteiger charge is -2.29. The van der Waals surface area contributed by atoms with Crippen molar-refractivity contribution in [3.05, 3.63) is 83.0 Å². The molecule has 30 heavy (non-hydrogen) atoms. The lowest BCUT2D eigenvalue weighted by molar-refractivity contribution is 0.443. The number of nitrogens with two attached hydrogens (primary N) is 1. The van der Waals surface area contributed by atoms with Crippen molar-refractivity contribution in [1.29, 1.82) is 0 Å². The average Bonchev–Trinajstić information content (AvgIpc) is 2.71. The van der Waals surface area contributed by atoms with Crippen LogP contribution in [0.3, 0.4) is 0 Å². The zero-order valence-corrected chi connectivity index (χ0v) is 18.9. The minimum atomic E-state index is 0.157. The smallest absolute Gasteiger partial charge is 0.154 e. The first-order chi connectivity index (χ1) is 14.2. The molecule has 1 heterocycles. The fourth-order valence-electron chi connectivity index (χ4n) is 3.43. The largest absolute Gasteiger partial charge is 0.394 e. The van der Waals surface area contributed by atoms with Gasteiger partial charge in [0.15, 0.2) is 5.82 Å². The Morgan fingerprint density at radius 1 is 0.867 bits per heavy atom. The van der Waals surface area contributed by atoms with Crippen LogP contribution in [0.25, 0.3) is 0 Å². The van der Waals surface area contributed by atoms with Gasteiger partial charge in [-0.1, -0.05) is 81.4 Å². The Bertz CT molecular complexity index is 918. The van der Waals surface area contributed by atoms with Gasteiger partial charge >= 0.3 is 0 Å². The molecule has 3 rings (SSSR count). The Balaban J connectivity index is 2.02. The van der Waals surface area contributed by atoms with Crippen LogP contribution in [-0.4, -0.2) is 11.5 Å². The monoisotopic (exact) mass is 402 g/mol. The Hall–Kier alpha value is -3.01. The highest BCUT2D eigenvalue weighted by atomic mass is 15.2. The number of nitrogen functional groups attached to an aromatic ring is 1. The predicted molar refractivity (Wildman–Crippen MR) is 129 cm³/mol. The zero-order chi connectivity index (χ0) is 21.7. The Labute approximate surface area is 181 Å². The van der Waals surface area contributed by atoms with Gasteiger partial charge in [-0.3, -0.25) is 0 Å². The first kappa shape index (κ1) is 21.7. The maximum absolute atomic E-state index is 6.72. The highest BCUT2D eigenvalue weighted by Gasteiger charge is 2.20. The molecule has 158 valence electrons. The third kappa shape index (κ3) is 5.53. The molecule has 2 aromatic carbocycles. The summed E-state index contributed by atoms with van der Waals surface area (Å²) in [5.74, 6) is 0.835. The lowest BCUT2D eigenvalue weighted by atomic mass is 9.96. The summed E-state index contributed by atoms with van der Waals surface area (Å²) >= 11 is 0. The average molecular weight is 403 g/mol. The summed E-state index contributed by atoms with van der Waals surface area (Å²) in [6.07, 6.45) is 0. The molecule has 0 aliphatic rings. The second kappa shape index (κ2) is 9.21. The maximum Gasteiger partial charge on any atom is 0.154 e. The fraction of sp³-hybridized carbons (Fsp3) is 0.346. The van der Waals surface area contributed by atoms with Gasteiger partial charge in [0.05, 0.1) is 11.4 Å². The van der Waals surface area contributed by atoms with Crippen LogP contribution in [0, 0.1) is 19.3 Å². The number of nitrogens with one attached hydrogen (secondary N) is 1. The zero-order valence-electron chi connectivity index (χ0n) is 18.9. The van der Waals surface area contributed by atoms with Crippen LogP contribution in [0.15, 0.2) is 60.7 Å². The van der Waals surface area contributed by atoms with Crippen molar-refractivity contribution < 1.29 is 0 Å². The van der Waals surface area contributed by atoms with Crippen molar-refractivity contribution >= 4 is 17.2 Å². The van der Waals surface area contributed by atoms with E-state index in [0.717, 1.165) is 42.4 Å². The van der Waals surface area contributed by atoms with E-state index in [0.29, 0.717) is 5.69 Å². The van der Waals surface area contributed by atoms with Crippen molar-refractivity contribution in [2.24, 2.45) is 5.41 Å². The van der Waals surface area contributed by atoms with Crippen LogP contribution in [0.1, 0.15) is 43.2 Å². The van der Waals surface area contributed by atoms with Gasteiger partial charge in [-0.05, 0) is 36.0 Å². The molecule has 0 atom stereocenters. The molecule has 0 aliphatic heterocycles. The van der Waals surface area contributed by atoms with E-state index in [2.05, 4.69) is 93.4 Å². The number of benzene rings is 2. The van der Waals surface area contributed by atoms with Gasteiger partial charge in [0.1, 0.15) is 0 Å². The quantitative estimate of drug-likeness (QED) is 0.513. The molecule has 0 radical (unpaired) electrons. The summed E-state index contributed by atoms with van der Waals surface area (Å²) in [6.45, 7) is 13.1. The number of hydrogen-bond acceptors (Lipinski definition) is 4. The van der Waals surface area contributed by atoms with Crippen LogP contribution < -0.4 is 16.0 Å². The number of rotatable bonds is 7. The molecule has 0 aliphatic carbocycles. The standard InChI is InChI=1S/C26H34N4/c1-19-20(2)29-25(23(27)24(19)28-18-26(3,4)5)30(16-21-12-8-6-9-13-21)17-22-14-10-7-11-15-22/h6-15H,16-18,27H2,1-5H3,(H,28,29). The second-order valence-corrected chi connectivity index (χ2v) is 9.18. The molecular formula is C26H34N4. The number of nitrogens with zero attached hydrogens (tertiary/aromatic N) is 2. The Kier molecular flexibility index (Phi) is 6.66. The topological polar surface area (TPSA) is 54.2 Å². The molecule has 0 saturated heterocycles. The number of pyridine rings is 1. The van der Waals surface area contributed by atoms with Crippen LogP contribution >= 0.6 is 0 Å². The summed E-state index contributed by atoms with van der Waals surface area (Å²) in [6, 6.07) is 21.0. The summed E-state index contributed by atoms with van der Waals surface area (Å²) in [4.78, 5) is 7.20. The van der Waals surface area contributed by atoms with E-state index in [1.807, 2.05) is 12.1 Å². The lowest BCUT2D eigenvalue weighted by Crippen LogP contribution is -2.26. The second-order valence-electron chi connectivity index (χ2n) is 9.18. The third-order valence-electron chi connectivity index (χ3n) is 5.23. The van der Waals surface area contributed by atoms with Gasteiger partial charge < -0.3 is 16.0 Å². The molecule has 0 saturated carbocycles. The van der Waals surface area contributed by atoms with Gasteiger partial charge in [0.2, 0.25) is 0 Å². The van der Waals surface area contributed by atoms with Crippen molar-refractivity contribution in [3.8, 4) is 0 Å². The van der Waals surface area contributed by atoms with Crippen molar-refractivity contribution in [2.45, 2.75) is 47.7 Å². The van der Waals surface area contributed by atoms with E-state index >= 15 is 0 Å². The first-order valence-electron chi connectivity index (χ1n) is 10.6. The van der Waals surface area contributed by atoms with Crippen molar-refractivity contribution in [1.82, 2.24) is 4.98 Å². The normalized spacial score (nSPS) is 11.4. The van der Waals surface area contributed by atoms with Gasteiger partial charge in [-0.15, -0.1) is 0 Å². The van der Waals surface area contributed by atoms with Crippen LogP contribution in [0.5, 0.6) is 0 Å². The number of anilines is 3. The molecule has 1 aromatic heterocycles. The summed E-state index contributed by atoms with van der Waals surface area (Å²) in [5, 5.41) is 3.59. The minimum Gasteiger partial charge on any atom is -0.394 e. The molecule has 4 nitrogen and oxygen atoms in total. The van der Waals surface area contributed by atoms with Crippen LogP contribution in [-0.2, 0) is 13.1 Å². The van der Waals surface area contributed by atoms with Crippen LogP contribution in [0.2, 0.25) is 0 Å². The highest BCUT2D eigenvalue weighted by molar-refractivity contribution is 5.81. The first-order valence-corrected chi connectivity index (χ1v) is 10.6. The predicted octanol–water partition coefficient (Wildman–Crippen LogP) is 5.95. The summed E-state index contributed by atoms with van der Waals surface area (Å²) < 4.78 is 0. The van der Waals surface area contributed by atoms with E-state index in [4.69, 9.17) is 10.7 Å². The third-order valence-corrected chi connectivity index (χ3v) is 5.23. The summed E-state index contributed by atoms with van der Waals surface area (Å²) in [7, 11) is 0. The molecular weight excluding hydrogens is 368 g/mol. The Morgan fingerprint density at radius 3 is 1.83 bits per heavy atom. The van der Waals surface area contributed by atoms with E-state index < -0.39 is 0 Å². The SMILES string of the molecule is Cc1nc(N(Cc2ccccc2)Cc2ccccc2)c(N)c(NCC(C)(C)C)c1C. The molecule has 0 amide bonds. The minimum absolute atomic E-state index is 0.157. The Morgan fingerprint density at radius 2 is 1.37 bits per heavy atom. The van der Waals surface area contributed by atoms with E-state index in [1.54, 1.807) is 0 Å². The van der Waals surface area contributed by atoms with Crippen LogP contribution in [0.4, 0.5) is 17.2 Å². The maximum atomic E-state index is 6.72. The number of aryl methyl sites for hydroxylation is 1. The van der Waals surface area contributed by atoms with E-state index in [1.165, 1.54) is 11.1 Å². The van der Waals surface area contributed by atoms with Gasteiger partial charge in [-0.2, -0.15) is 0 Å².